The number of hydrogen-bond acceptors (Lipinski definition) is 4. The van der Waals surface area contributed by atoms with Gasteiger partial charge in [0.25, 0.3) is 0 Å². The summed E-state index contributed by atoms with van der Waals surface area (Å²) in [6, 6.07) is 3.73. The highest BCUT2D eigenvalue weighted by molar-refractivity contribution is 6.30. The summed E-state index contributed by atoms with van der Waals surface area (Å²) in [4.78, 5) is 20.0. The van der Waals surface area contributed by atoms with Crippen LogP contribution in [0.15, 0.2) is 18.2 Å². The van der Waals surface area contributed by atoms with Crippen molar-refractivity contribution in [1.82, 2.24) is 0 Å². The number of nitro groups is 1. The van der Waals surface area contributed by atoms with E-state index in [-0.39, 0.29) is 16.5 Å². The second kappa shape index (κ2) is 4.61. The average Bonchev–Trinajstić information content (AvgIpc) is 2.15. The number of carboxylic acid groups (broad SMARTS) is 1. The Kier molecular flexibility index (Phi) is 3.46. The first-order chi connectivity index (χ1) is 7.00. The summed E-state index contributed by atoms with van der Waals surface area (Å²) in [5.41, 5.74) is -0.358. The average molecular weight is 232 g/mol. The fraction of sp³-hybridized carbons (Fsp3) is 0.125. The Balaban J connectivity index is 2.95. The summed E-state index contributed by atoms with van der Waals surface area (Å²) in [6.45, 7) is -0.636. The van der Waals surface area contributed by atoms with Crippen LogP contribution in [0.5, 0.6) is 5.75 Å². The van der Waals surface area contributed by atoms with Crippen LogP contribution in [0.3, 0.4) is 0 Å². The van der Waals surface area contributed by atoms with Gasteiger partial charge in [0.1, 0.15) is 0 Å². The van der Waals surface area contributed by atoms with Gasteiger partial charge in [0.15, 0.2) is 12.4 Å². The zero-order valence-corrected chi connectivity index (χ0v) is 8.10. The van der Waals surface area contributed by atoms with Crippen molar-refractivity contribution in [2.75, 3.05) is 6.61 Å². The molecule has 0 atom stereocenters. The summed E-state index contributed by atoms with van der Waals surface area (Å²) in [6.07, 6.45) is 0. The van der Waals surface area contributed by atoms with Crippen molar-refractivity contribution in [2.45, 2.75) is 0 Å². The number of aliphatic carboxylic acids is 1. The molecule has 0 saturated heterocycles. The number of ether oxygens (including phenoxy) is 1. The third kappa shape index (κ3) is 3.10. The molecular formula is C8H6ClNO5. The number of nitrogens with zero attached hydrogens (tertiary/aromatic N) is 1. The number of halogens is 1. The van der Waals surface area contributed by atoms with E-state index in [9.17, 15) is 14.9 Å². The molecule has 0 radical (unpaired) electrons. The molecule has 6 nitrogen and oxygen atoms in total. The van der Waals surface area contributed by atoms with Crippen LogP contribution < -0.4 is 4.74 Å². The SMILES string of the molecule is O=C(O)COc1ccc(Cl)cc1[N+](=O)[O-]. The molecule has 0 aromatic heterocycles. The maximum absolute atomic E-state index is 10.5. The van der Waals surface area contributed by atoms with Gasteiger partial charge in [0.05, 0.1) is 4.92 Å². The monoisotopic (exact) mass is 231 g/mol. The van der Waals surface area contributed by atoms with Crippen LogP contribution in [0, 0.1) is 10.1 Å². The zero-order valence-electron chi connectivity index (χ0n) is 7.34. The predicted molar refractivity (Wildman–Crippen MR) is 51.2 cm³/mol. The van der Waals surface area contributed by atoms with Gasteiger partial charge in [-0.1, -0.05) is 11.6 Å². The summed E-state index contributed by atoms with van der Waals surface area (Å²) in [5.74, 6) is -1.33. The molecule has 0 aliphatic heterocycles. The topological polar surface area (TPSA) is 89.7 Å². The first kappa shape index (κ1) is 11.3. The minimum absolute atomic E-state index is 0.119. The molecule has 0 aliphatic rings. The third-order valence-corrected chi connectivity index (χ3v) is 1.70. The third-order valence-electron chi connectivity index (χ3n) is 1.47. The smallest absolute Gasteiger partial charge is 0.341 e. The van der Waals surface area contributed by atoms with Crippen LogP contribution in [0.25, 0.3) is 0 Å². The van der Waals surface area contributed by atoms with Crippen LogP contribution in [0.2, 0.25) is 5.02 Å². The van der Waals surface area contributed by atoms with Crippen molar-refractivity contribution in [3.05, 3.63) is 33.3 Å². The molecule has 0 unspecified atom stereocenters. The van der Waals surface area contributed by atoms with Gasteiger partial charge < -0.3 is 9.84 Å². The Labute approximate surface area is 89.2 Å². The van der Waals surface area contributed by atoms with Gasteiger partial charge in [-0.15, -0.1) is 0 Å². The first-order valence-corrected chi connectivity index (χ1v) is 4.17. The lowest BCUT2D eigenvalue weighted by Crippen LogP contribution is -2.10. The van der Waals surface area contributed by atoms with Gasteiger partial charge >= 0.3 is 11.7 Å². The number of nitro benzene ring substituents is 1. The summed E-state index contributed by atoms with van der Waals surface area (Å²) < 4.78 is 4.72. The minimum Gasteiger partial charge on any atom is -0.479 e. The number of hydrogen-bond donors (Lipinski definition) is 1. The van der Waals surface area contributed by atoms with Crippen molar-refractivity contribution in [1.29, 1.82) is 0 Å². The molecule has 0 spiro atoms. The zero-order chi connectivity index (χ0) is 11.4. The summed E-state index contributed by atoms with van der Waals surface area (Å²) in [5, 5.41) is 19.1. The molecule has 1 aromatic rings. The number of carbonyl (C=O) groups is 1. The van der Waals surface area contributed by atoms with E-state index in [0.29, 0.717) is 0 Å². The Hall–Kier alpha value is -1.82. The summed E-state index contributed by atoms with van der Waals surface area (Å²) >= 11 is 5.55. The van der Waals surface area contributed by atoms with Gasteiger partial charge in [0.2, 0.25) is 0 Å². The Morgan fingerprint density at radius 1 is 1.60 bits per heavy atom. The van der Waals surface area contributed by atoms with E-state index in [2.05, 4.69) is 0 Å². The molecule has 0 saturated carbocycles. The second-order valence-corrected chi connectivity index (χ2v) is 2.99. The van der Waals surface area contributed by atoms with E-state index in [1.165, 1.54) is 12.1 Å². The van der Waals surface area contributed by atoms with E-state index < -0.39 is 17.5 Å². The van der Waals surface area contributed by atoms with Crippen LogP contribution >= 0.6 is 11.6 Å². The van der Waals surface area contributed by atoms with Gasteiger partial charge in [-0.3, -0.25) is 10.1 Å². The molecule has 0 aliphatic carbocycles. The Bertz CT molecular complexity index is 406. The largest absolute Gasteiger partial charge is 0.479 e. The molecule has 7 heteroatoms. The van der Waals surface area contributed by atoms with Crippen molar-refractivity contribution < 1.29 is 19.6 Å². The van der Waals surface area contributed by atoms with E-state index in [0.717, 1.165) is 6.07 Å². The normalized spacial score (nSPS) is 9.67. The first-order valence-electron chi connectivity index (χ1n) is 3.79. The van der Waals surface area contributed by atoms with E-state index in [1.54, 1.807) is 0 Å². The molecule has 0 amide bonds. The van der Waals surface area contributed by atoms with Crippen molar-refractivity contribution in [3.63, 3.8) is 0 Å². The molecule has 0 bridgehead atoms. The van der Waals surface area contributed by atoms with Crippen molar-refractivity contribution in [3.8, 4) is 5.75 Å². The lowest BCUT2D eigenvalue weighted by molar-refractivity contribution is -0.385. The maximum Gasteiger partial charge on any atom is 0.341 e. The fourth-order valence-corrected chi connectivity index (χ4v) is 1.06. The molecule has 0 heterocycles. The minimum atomic E-state index is -1.21. The molecule has 1 rings (SSSR count). The molecule has 0 fully saturated rings. The highest BCUT2D eigenvalue weighted by atomic mass is 35.5. The Morgan fingerprint density at radius 2 is 2.27 bits per heavy atom. The maximum atomic E-state index is 10.5. The van der Waals surface area contributed by atoms with Crippen LogP contribution in [-0.4, -0.2) is 22.6 Å². The standard InChI is InChI=1S/C8H6ClNO5/c9-5-1-2-7(15-4-8(11)12)6(3-5)10(13)14/h1-3H,4H2,(H,11,12). The number of rotatable bonds is 4. The highest BCUT2D eigenvalue weighted by Gasteiger charge is 2.16. The summed E-state index contributed by atoms with van der Waals surface area (Å²) in [7, 11) is 0. The molecule has 15 heavy (non-hydrogen) atoms. The quantitative estimate of drug-likeness (QED) is 0.629. The van der Waals surface area contributed by atoms with Crippen LogP contribution in [0.1, 0.15) is 0 Å². The number of carboxylic acids is 1. The van der Waals surface area contributed by atoms with Crippen molar-refractivity contribution >= 4 is 23.3 Å². The van der Waals surface area contributed by atoms with Gasteiger partial charge in [0, 0.05) is 11.1 Å². The van der Waals surface area contributed by atoms with Crippen LogP contribution in [0.4, 0.5) is 5.69 Å². The molecule has 80 valence electrons. The lowest BCUT2D eigenvalue weighted by atomic mass is 10.3. The Morgan fingerprint density at radius 3 is 2.80 bits per heavy atom. The van der Waals surface area contributed by atoms with Crippen LogP contribution in [-0.2, 0) is 4.79 Å². The van der Waals surface area contributed by atoms with Gasteiger partial charge in [-0.25, -0.2) is 4.79 Å². The molecule has 1 aromatic carbocycles. The van der Waals surface area contributed by atoms with Gasteiger partial charge in [-0.2, -0.15) is 0 Å². The van der Waals surface area contributed by atoms with E-state index in [1.807, 2.05) is 0 Å². The fourth-order valence-electron chi connectivity index (χ4n) is 0.895. The van der Waals surface area contributed by atoms with E-state index >= 15 is 0 Å². The van der Waals surface area contributed by atoms with Crippen molar-refractivity contribution in [2.24, 2.45) is 0 Å². The number of benzene rings is 1. The van der Waals surface area contributed by atoms with Gasteiger partial charge in [-0.05, 0) is 12.1 Å². The second-order valence-electron chi connectivity index (χ2n) is 2.55. The highest BCUT2D eigenvalue weighted by Crippen LogP contribution is 2.29. The van der Waals surface area contributed by atoms with E-state index in [4.69, 9.17) is 21.4 Å². The predicted octanol–water partition coefficient (Wildman–Crippen LogP) is 1.71. The molecule has 1 N–H and O–H groups in total. The lowest BCUT2D eigenvalue weighted by Gasteiger charge is -2.03. The molecular weight excluding hydrogens is 226 g/mol.